The molecule has 0 atom stereocenters. The maximum Gasteiger partial charge on any atom is 0.241 e. The van der Waals surface area contributed by atoms with E-state index in [1.165, 1.54) is 7.11 Å². The second-order valence-electron chi connectivity index (χ2n) is 4.72. The minimum atomic E-state index is -4.05. The summed E-state index contributed by atoms with van der Waals surface area (Å²) in [5, 5.41) is 0. The number of halogens is 2. The molecule has 0 amide bonds. The molecule has 0 bridgehead atoms. The van der Waals surface area contributed by atoms with Crippen LogP contribution >= 0.6 is 0 Å². The second kappa shape index (κ2) is 8.46. The standard InChI is InChI=1S/C17H15F2NO4S/c1-23-16-6-2-3-7-17(16)24-9-5-4-8-20-25(21,22)15-11-13(18)10-14(19)12-15/h2-3,6-7,10-12,20H,8-9H2,1H3. The Kier molecular flexibility index (Phi) is 6.33. The van der Waals surface area contributed by atoms with Gasteiger partial charge in [0.15, 0.2) is 11.5 Å². The van der Waals surface area contributed by atoms with Gasteiger partial charge in [0.05, 0.1) is 18.6 Å². The molecule has 0 aliphatic carbocycles. The van der Waals surface area contributed by atoms with Crippen LogP contribution in [0.15, 0.2) is 47.4 Å². The molecule has 0 aliphatic rings. The van der Waals surface area contributed by atoms with E-state index in [-0.39, 0.29) is 13.2 Å². The van der Waals surface area contributed by atoms with Gasteiger partial charge in [0.2, 0.25) is 10.0 Å². The topological polar surface area (TPSA) is 64.6 Å². The van der Waals surface area contributed by atoms with E-state index in [1.807, 2.05) is 0 Å². The van der Waals surface area contributed by atoms with Gasteiger partial charge in [-0.05, 0) is 24.3 Å². The molecule has 2 rings (SSSR count). The average molecular weight is 367 g/mol. The van der Waals surface area contributed by atoms with Gasteiger partial charge in [0.1, 0.15) is 18.2 Å². The molecular weight excluding hydrogens is 352 g/mol. The Bertz CT molecular complexity index is 884. The van der Waals surface area contributed by atoms with Gasteiger partial charge in [-0.1, -0.05) is 24.0 Å². The summed E-state index contributed by atoms with van der Waals surface area (Å²) in [7, 11) is -2.54. The quantitative estimate of drug-likeness (QED) is 0.796. The van der Waals surface area contributed by atoms with Crippen molar-refractivity contribution in [1.82, 2.24) is 4.72 Å². The normalized spacial score (nSPS) is 10.7. The molecule has 25 heavy (non-hydrogen) atoms. The van der Waals surface area contributed by atoms with Crippen LogP contribution in [0.1, 0.15) is 0 Å². The molecular formula is C17H15F2NO4S. The van der Waals surface area contributed by atoms with Gasteiger partial charge in [-0.2, -0.15) is 4.72 Å². The highest BCUT2D eigenvalue weighted by molar-refractivity contribution is 7.89. The summed E-state index contributed by atoms with van der Waals surface area (Å²) in [4.78, 5) is -0.503. The van der Waals surface area contributed by atoms with E-state index in [1.54, 1.807) is 24.3 Å². The largest absolute Gasteiger partial charge is 0.493 e. The minimum absolute atomic E-state index is 0.0245. The molecule has 5 nitrogen and oxygen atoms in total. The van der Waals surface area contributed by atoms with Gasteiger partial charge in [0.25, 0.3) is 0 Å². The number of ether oxygens (including phenoxy) is 2. The zero-order chi connectivity index (χ0) is 18.3. The van der Waals surface area contributed by atoms with E-state index in [0.29, 0.717) is 17.6 Å². The number of benzene rings is 2. The highest BCUT2D eigenvalue weighted by Gasteiger charge is 2.15. The van der Waals surface area contributed by atoms with Crippen LogP contribution in [0.4, 0.5) is 8.78 Å². The molecule has 132 valence electrons. The maximum atomic E-state index is 13.1. The van der Waals surface area contributed by atoms with Crippen molar-refractivity contribution in [1.29, 1.82) is 0 Å². The van der Waals surface area contributed by atoms with E-state index >= 15 is 0 Å². The van der Waals surface area contributed by atoms with E-state index in [9.17, 15) is 17.2 Å². The number of para-hydroxylation sites is 2. The lowest BCUT2D eigenvalue weighted by molar-refractivity contribution is 0.331. The van der Waals surface area contributed by atoms with Crippen molar-refractivity contribution >= 4 is 10.0 Å². The fraction of sp³-hybridized carbons (Fsp3) is 0.176. The van der Waals surface area contributed by atoms with Gasteiger partial charge in [-0.3, -0.25) is 0 Å². The second-order valence-corrected chi connectivity index (χ2v) is 6.49. The first-order valence-corrected chi connectivity index (χ1v) is 8.58. The Hall–Kier alpha value is -2.63. The van der Waals surface area contributed by atoms with E-state index in [2.05, 4.69) is 16.6 Å². The number of hydrogen-bond donors (Lipinski definition) is 1. The highest BCUT2D eigenvalue weighted by Crippen LogP contribution is 2.25. The van der Waals surface area contributed by atoms with Crippen molar-refractivity contribution < 1.29 is 26.7 Å². The van der Waals surface area contributed by atoms with Gasteiger partial charge >= 0.3 is 0 Å². The van der Waals surface area contributed by atoms with Crippen molar-refractivity contribution in [3.63, 3.8) is 0 Å². The van der Waals surface area contributed by atoms with Crippen molar-refractivity contribution in [3.05, 3.63) is 54.1 Å². The first kappa shape index (κ1) is 18.7. The molecule has 1 N–H and O–H groups in total. The van der Waals surface area contributed by atoms with Crippen LogP contribution in [0.2, 0.25) is 0 Å². The molecule has 2 aromatic carbocycles. The van der Waals surface area contributed by atoms with Crippen molar-refractivity contribution in [2.45, 2.75) is 4.90 Å². The van der Waals surface area contributed by atoms with Gasteiger partial charge < -0.3 is 9.47 Å². The lowest BCUT2D eigenvalue weighted by Crippen LogP contribution is -2.24. The third-order valence-corrected chi connectivity index (χ3v) is 4.37. The Morgan fingerprint density at radius 3 is 2.32 bits per heavy atom. The summed E-state index contributed by atoms with van der Waals surface area (Å²) in [5.74, 6) is 4.30. The molecule has 0 heterocycles. The molecule has 0 radical (unpaired) electrons. The van der Waals surface area contributed by atoms with E-state index in [4.69, 9.17) is 9.47 Å². The molecule has 0 saturated heterocycles. The minimum Gasteiger partial charge on any atom is -0.493 e. The first-order chi connectivity index (χ1) is 11.9. The Morgan fingerprint density at radius 2 is 1.68 bits per heavy atom. The molecule has 0 unspecified atom stereocenters. The smallest absolute Gasteiger partial charge is 0.241 e. The Morgan fingerprint density at radius 1 is 1.04 bits per heavy atom. The predicted octanol–water partition coefficient (Wildman–Crippen LogP) is 2.33. The number of rotatable bonds is 6. The molecule has 0 fully saturated rings. The SMILES string of the molecule is COc1ccccc1OCC#CCNS(=O)(=O)c1cc(F)cc(F)c1. The van der Waals surface area contributed by atoms with Crippen LogP contribution in [-0.4, -0.2) is 28.7 Å². The summed E-state index contributed by atoms with van der Waals surface area (Å²) < 4.78 is 62.6. The van der Waals surface area contributed by atoms with Crippen molar-refractivity contribution in [2.75, 3.05) is 20.3 Å². The molecule has 0 aromatic heterocycles. The monoisotopic (exact) mass is 367 g/mol. The van der Waals surface area contributed by atoms with Crippen molar-refractivity contribution in [2.24, 2.45) is 0 Å². The molecule has 0 saturated carbocycles. The number of methoxy groups -OCH3 is 1. The summed E-state index contributed by atoms with van der Waals surface area (Å²) in [6.07, 6.45) is 0. The maximum absolute atomic E-state index is 13.1. The molecule has 0 aliphatic heterocycles. The third-order valence-electron chi connectivity index (χ3n) is 2.99. The zero-order valence-electron chi connectivity index (χ0n) is 13.3. The van der Waals surface area contributed by atoms with E-state index in [0.717, 1.165) is 12.1 Å². The van der Waals surface area contributed by atoms with Crippen LogP contribution in [0, 0.1) is 23.5 Å². The summed E-state index contributed by atoms with van der Waals surface area (Å²) in [6.45, 7) is -0.202. The van der Waals surface area contributed by atoms with Crippen LogP contribution in [0.5, 0.6) is 11.5 Å². The van der Waals surface area contributed by atoms with E-state index < -0.39 is 26.6 Å². The number of sulfonamides is 1. The van der Waals surface area contributed by atoms with Crippen LogP contribution in [-0.2, 0) is 10.0 Å². The molecule has 2 aromatic rings. The molecule has 8 heteroatoms. The lowest BCUT2D eigenvalue weighted by atomic mass is 10.3. The average Bonchev–Trinajstić information content (AvgIpc) is 2.57. The first-order valence-electron chi connectivity index (χ1n) is 7.09. The number of nitrogens with one attached hydrogen (secondary N) is 1. The summed E-state index contributed by atoms with van der Waals surface area (Å²) in [5.41, 5.74) is 0. The van der Waals surface area contributed by atoms with Crippen molar-refractivity contribution in [3.8, 4) is 23.3 Å². The summed E-state index contributed by atoms with van der Waals surface area (Å²) in [6, 6.07) is 9.05. The fourth-order valence-corrected chi connectivity index (χ4v) is 2.83. The third kappa shape index (κ3) is 5.45. The fourth-order valence-electron chi connectivity index (χ4n) is 1.86. The van der Waals surface area contributed by atoms with Gasteiger partial charge in [0, 0.05) is 6.07 Å². The van der Waals surface area contributed by atoms with Crippen LogP contribution in [0.25, 0.3) is 0 Å². The lowest BCUT2D eigenvalue weighted by Gasteiger charge is -2.07. The summed E-state index contributed by atoms with van der Waals surface area (Å²) >= 11 is 0. The Labute approximate surface area is 144 Å². The van der Waals surface area contributed by atoms with Gasteiger partial charge in [-0.15, -0.1) is 0 Å². The molecule has 0 spiro atoms. The highest BCUT2D eigenvalue weighted by atomic mass is 32.2. The zero-order valence-corrected chi connectivity index (χ0v) is 14.1. The van der Waals surface area contributed by atoms with Crippen LogP contribution < -0.4 is 14.2 Å². The Balaban J connectivity index is 1.89. The van der Waals surface area contributed by atoms with Crippen LogP contribution in [0.3, 0.4) is 0 Å². The predicted molar refractivity (Wildman–Crippen MR) is 87.8 cm³/mol. The number of hydrogen-bond acceptors (Lipinski definition) is 4. The van der Waals surface area contributed by atoms with Gasteiger partial charge in [-0.25, -0.2) is 17.2 Å².